The second-order valence-electron chi connectivity index (χ2n) is 4.42. The van der Waals surface area contributed by atoms with E-state index in [0.29, 0.717) is 16.4 Å². The number of hydrogen-bond donors (Lipinski definition) is 1. The first kappa shape index (κ1) is 13.4. The molecule has 1 N–H and O–H groups in total. The van der Waals surface area contributed by atoms with Crippen LogP contribution in [0.4, 0.5) is 5.69 Å². The van der Waals surface area contributed by atoms with Gasteiger partial charge in [0.05, 0.1) is 17.4 Å². The number of nitrogens with one attached hydrogen (secondary N) is 1. The van der Waals surface area contributed by atoms with Crippen LogP contribution < -0.4 is 5.32 Å². The molecule has 0 aliphatic heterocycles. The molecule has 106 valence electrons. The maximum atomic E-state index is 12.1. The van der Waals surface area contributed by atoms with Crippen LogP contribution in [0.25, 0.3) is 5.69 Å². The van der Waals surface area contributed by atoms with Crippen molar-refractivity contribution in [3.05, 3.63) is 59.6 Å². The minimum atomic E-state index is -0.292. The third-order valence-corrected chi connectivity index (χ3v) is 3.45. The number of halogens is 1. The van der Waals surface area contributed by atoms with Crippen LogP contribution >= 0.6 is 11.6 Å². The molecule has 21 heavy (non-hydrogen) atoms. The largest absolute Gasteiger partial charge is 0.322 e. The quantitative estimate of drug-likeness (QED) is 0.808. The number of aryl methyl sites for hydroxylation is 1. The monoisotopic (exact) mass is 301 g/mol. The van der Waals surface area contributed by atoms with Gasteiger partial charge in [0, 0.05) is 25.1 Å². The molecule has 2 aromatic heterocycles. The van der Waals surface area contributed by atoms with E-state index >= 15 is 0 Å². The maximum Gasteiger partial charge on any atom is 0.260 e. The first-order valence-electron chi connectivity index (χ1n) is 6.24. The van der Waals surface area contributed by atoms with Crippen LogP contribution in [0.1, 0.15) is 10.4 Å². The molecular formula is C14H12ClN5O. The normalized spacial score (nSPS) is 10.6. The zero-order valence-electron chi connectivity index (χ0n) is 11.2. The Hall–Kier alpha value is -2.60. The van der Waals surface area contributed by atoms with E-state index in [9.17, 15) is 4.79 Å². The molecule has 0 atom stereocenters. The summed E-state index contributed by atoms with van der Waals surface area (Å²) in [6, 6.07) is 9.19. The predicted octanol–water partition coefficient (Wildman–Crippen LogP) is 2.51. The van der Waals surface area contributed by atoms with Gasteiger partial charge in [-0.25, -0.2) is 4.68 Å². The fraction of sp³-hybridized carbons (Fsp3) is 0.0714. The number of hydrogen-bond acceptors (Lipinski definition) is 3. The number of carbonyl (C=O) groups is 1. The van der Waals surface area contributed by atoms with Gasteiger partial charge in [-0.2, -0.15) is 10.2 Å². The number of nitrogens with zero attached hydrogens (tertiary/aromatic N) is 4. The smallest absolute Gasteiger partial charge is 0.260 e. The third-order valence-electron chi connectivity index (χ3n) is 3.01. The zero-order chi connectivity index (χ0) is 14.8. The predicted molar refractivity (Wildman–Crippen MR) is 79.7 cm³/mol. The van der Waals surface area contributed by atoms with Gasteiger partial charge in [-0.3, -0.25) is 9.48 Å². The molecule has 0 saturated heterocycles. The highest BCUT2D eigenvalue weighted by Crippen LogP contribution is 2.17. The summed E-state index contributed by atoms with van der Waals surface area (Å²) < 4.78 is 3.18. The summed E-state index contributed by atoms with van der Waals surface area (Å²) in [6.07, 6.45) is 5.00. The van der Waals surface area contributed by atoms with Crippen LogP contribution in [0, 0.1) is 0 Å². The van der Waals surface area contributed by atoms with Crippen molar-refractivity contribution in [3.63, 3.8) is 0 Å². The minimum Gasteiger partial charge on any atom is -0.322 e. The topological polar surface area (TPSA) is 64.7 Å². The van der Waals surface area contributed by atoms with Crippen molar-refractivity contribution in [2.75, 3.05) is 5.32 Å². The first-order chi connectivity index (χ1) is 10.1. The lowest BCUT2D eigenvalue weighted by Gasteiger charge is -2.06. The van der Waals surface area contributed by atoms with E-state index in [1.54, 1.807) is 30.1 Å². The van der Waals surface area contributed by atoms with Gasteiger partial charge in [-0.15, -0.1) is 0 Å². The number of benzene rings is 1. The Morgan fingerprint density at radius 3 is 2.57 bits per heavy atom. The Kier molecular flexibility index (Phi) is 3.45. The number of anilines is 1. The molecule has 0 unspecified atom stereocenters. The standard InChI is InChI=1S/C14H12ClN5O/c1-19-13(15)12(9-17-19)14(21)18-10-3-5-11(6-4-10)20-8-2-7-16-20/h2-9H,1H3,(H,18,21). The Balaban J connectivity index is 1.76. The van der Waals surface area contributed by atoms with Gasteiger partial charge in [0.15, 0.2) is 0 Å². The van der Waals surface area contributed by atoms with Crippen molar-refractivity contribution in [1.82, 2.24) is 19.6 Å². The SMILES string of the molecule is Cn1ncc(C(=O)Nc2ccc(-n3cccn3)cc2)c1Cl. The molecule has 0 radical (unpaired) electrons. The molecule has 0 aliphatic carbocycles. The van der Waals surface area contributed by atoms with Crippen molar-refractivity contribution in [2.24, 2.45) is 7.05 Å². The van der Waals surface area contributed by atoms with Crippen molar-refractivity contribution < 1.29 is 4.79 Å². The fourth-order valence-corrected chi connectivity index (χ4v) is 2.07. The molecule has 0 bridgehead atoms. The van der Waals surface area contributed by atoms with E-state index in [0.717, 1.165) is 5.69 Å². The highest BCUT2D eigenvalue weighted by Gasteiger charge is 2.14. The third kappa shape index (κ3) is 2.66. The number of aromatic nitrogens is 4. The van der Waals surface area contributed by atoms with Crippen LogP contribution in [0.3, 0.4) is 0 Å². The van der Waals surface area contributed by atoms with E-state index in [-0.39, 0.29) is 5.91 Å². The van der Waals surface area contributed by atoms with Gasteiger partial charge >= 0.3 is 0 Å². The summed E-state index contributed by atoms with van der Waals surface area (Å²) >= 11 is 5.99. The molecule has 0 aliphatic rings. The van der Waals surface area contributed by atoms with Gasteiger partial charge in [-0.05, 0) is 30.3 Å². The van der Waals surface area contributed by atoms with Crippen LogP contribution in [-0.2, 0) is 7.05 Å². The Labute approximate surface area is 126 Å². The van der Waals surface area contributed by atoms with E-state index in [2.05, 4.69) is 15.5 Å². The zero-order valence-corrected chi connectivity index (χ0v) is 11.9. The molecule has 0 fully saturated rings. The molecular weight excluding hydrogens is 290 g/mol. The number of carbonyl (C=O) groups excluding carboxylic acids is 1. The molecule has 1 amide bonds. The van der Waals surface area contributed by atoms with Crippen LogP contribution in [-0.4, -0.2) is 25.5 Å². The number of amides is 1. The van der Waals surface area contributed by atoms with Crippen LogP contribution in [0.15, 0.2) is 48.9 Å². The summed E-state index contributed by atoms with van der Waals surface area (Å²) in [7, 11) is 1.68. The first-order valence-corrected chi connectivity index (χ1v) is 6.62. The van der Waals surface area contributed by atoms with Crippen LogP contribution in [0.2, 0.25) is 5.15 Å². The summed E-state index contributed by atoms with van der Waals surface area (Å²) in [5, 5.41) is 11.2. The summed E-state index contributed by atoms with van der Waals surface area (Å²) in [6.45, 7) is 0. The number of rotatable bonds is 3. The molecule has 3 aromatic rings. The second kappa shape index (κ2) is 5.41. The average molecular weight is 302 g/mol. The lowest BCUT2D eigenvalue weighted by Crippen LogP contribution is -2.12. The van der Waals surface area contributed by atoms with Crippen LogP contribution in [0.5, 0.6) is 0 Å². The maximum absolute atomic E-state index is 12.1. The Morgan fingerprint density at radius 1 is 1.24 bits per heavy atom. The fourth-order valence-electron chi connectivity index (χ4n) is 1.89. The Morgan fingerprint density at radius 2 is 2.00 bits per heavy atom. The van der Waals surface area contributed by atoms with Crippen molar-refractivity contribution in [1.29, 1.82) is 0 Å². The van der Waals surface area contributed by atoms with E-state index in [1.807, 2.05) is 24.4 Å². The van der Waals surface area contributed by atoms with E-state index < -0.39 is 0 Å². The van der Waals surface area contributed by atoms with Crippen molar-refractivity contribution in [2.45, 2.75) is 0 Å². The summed E-state index contributed by atoms with van der Waals surface area (Å²) in [5.41, 5.74) is 1.93. The lowest BCUT2D eigenvalue weighted by molar-refractivity contribution is 0.102. The molecule has 6 nitrogen and oxygen atoms in total. The van der Waals surface area contributed by atoms with Crippen molar-refractivity contribution in [3.8, 4) is 5.69 Å². The highest BCUT2D eigenvalue weighted by atomic mass is 35.5. The molecule has 3 rings (SSSR count). The molecule has 1 aromatic carbocycles. The molecule has 7 heteroatoms. The Bertz CT molecular complexity index is 761. The van der Waals surface area contributed by atoms with E-state index in [1.165, 1.54) is 10.9 Å². The minimum absolute atomic E-state index is 0.292. The highest BCUT2D eigenvalue weighted by molar-refractivity contribution is 6.33. The van der Waals surface area contributed by atoms with Gasteiger partial charge < -0.3 is 5.32 Å². The second-order valence-corrected chi connectivity index (χ2v) is 4.78. The molecule has 0 saturated carbocycles. The lowest BCUT2D eigenvalue weighted by atomic mass is 10.2. The summed E-state index contributed by atoms with van der Waals surface area (Å²) in [4.78, 5) is 12.1. The molecule has 2 heterocycles. The average Bonchev–Trinajstić information content (AvgIpc) is 3.11. The summed E-state index contributed by atoms with van der Waals surface area (Å²) in [5.74, 6) is -0.292. The van der Waals surface area contributed by atoms with Gasteiger partial charge in [0.1, 0.15) is 5.15 Å². The van der Waals surface area contributed by atoms with Gasteiger partial charge in [0.2, 0.25) is 0 Å². The van der Waals surface area contributed by atoms with E-state index in [4.69, 9.17) is 11.6 Å². The van der Waals surface area contributed by atoms with Crippen molar-refractivity contribution >= 4 is 23.2 Å². The van der Waals surface area contributed by atoms with Gasteiger partial charge in [-0.1, -0.05) is 11.6 Å². The van der Waals surface area contributed by atoms with Gasteiger partial charge in [0.25, 0.3) is 5.91 Å². The molecule has 0 spiro atoms.